The van der Waals surface area contributed by atoms with Gasteiger partial charge in [-0.2, -0.15) is 0 Å². The number of benzene rings is 2. The number of nitrogens with zero attached hydrogens (tertiary/aromatic N) is 2. The molecule has 154 valence electrons. The summed E-state index contributed by atoms with van der Waals surface area (Å²) in [7, 11) is 0. The molecule has 6 nitrogen and oxygen atoms in total. The minimum atomic E-state index is -0.222. The third kappa shape index (κ3) is 4.80. The fourth-order valence-corrected chi connectivity index (χ4v) is 3.17. The first-order valence-electron chi connectivity index (χ1n) is 9.68. The lowest BCUT2D eigenvalue weighted by Crippen LogP contribution is -2.11. The zero-order valence-electron chi connectivity index (χ0n) is 17.4. The summed E-state index contributed by atoms with van der Waals surface area (Å²) in [5.41, 5.74) is 2.12. The first kappa shape index (κ1) is 21.4. The number of nitrogens with one attached hydrogen (secondary N) is 2. The molecule has 4 aromatic rings. The zero-order chi connectivity index (χ0) is 21.5. The average Bonchev–Trinajstić information content (AvgIpc) is 2.79. The summed E-state index contributed by atoms with van der Waals surface area (Å²) in [5.74, 6) is 1.98. The van der Waals surface area contributed by atoms with Crippen molar-refractivity contribution in [2.45, 2.75) is 25.9 Å². The summed E-state index contributed by atoms with van der Waals surface area (Å²) >= 11 is 1.43. The van der Waals surface area contributed by atoms with Crippen LogP contribution in [0.15, 0.2) is 70.7 Å². The number of aryl methyl sites for hydroxylation is 1. The van der Waals surface area contributed by atoms with E-state index in [4.69, 9.17) is 4.74 Å². The molecule has 0 amide bonds. The molecule has 4 rings (SSSR count). The van der Waals surface area contributed by atoms with Crippen molar-refractivity contribution in [1.82, 2.24) is 15.0 Å². The van der Waals surface area contributed by atoms with Crippen LogP contribution in [0.5, 0.6) is 11.5 Å². The lowest BCUT2D eigenvalue weighted by Gasteiger charge is -2.11. The van der Waals surface area contributed by atoms with E-state index >= 15 is 0 Å². The topological polar surface area (TPSA) is 79.9 Å². The number of anilines is 2. The molecule has 30 heavy (non-hydrogen) atoms. The highest BCUT2D eigenvalue weighted by atomic mass is 32.2. The maximum Gasteiger partial charge on any atom is 0.261 e. The van der Waals surface area contributed by atoms with Crippen molar-refractivity contribution in [1.29, 1.82) is 0 Å². The van der Waals surface area contributed by atoms with E-state index in [0.717, 1.165) is 22.7 Å². The van der Waals surface area contributed by atoms with Crippen molar-refractivity contribution in [3.63, 3.8) is 0 Å². The summed E-state index contributed by atoms with van der Waals surface area (Å²) in [4.78, 5) is 24.1. The highest BCUT2D eigenvalue weighted by Crippen LogP contribution is 2.27. The molecular formula is C23H24N4O2S. The van der Waals surface area contributed by atoms with E-state index in [9.17, 15) is 4.79 Å². The summed E-state index contributed by atoms with van der Waals surface area (Å²) in [5, 5.41) is 4.29. The number of aromatic amines is 1. The van der Waals surface area contributed by atoms with Gasteiger partial charge in [-0.05, 0) is 55.1 Å². The van der Waals surface area contributed by atoms with Gasteiger partial charge in [-0.25, -0.2) is 9.97 Å². The molecular weight excluding hydrogens is 396 g/mol. The van der Waals surface area contributed by atoms with Crippen LogP contribution in [0.4, 0.5) is 11.5 Å². The van der Waals surface area contributed by atoms with Crippen LogP contribution in [0.25, 0.3) is 10.9 Å². The standard InChI is InChI=1S/C21H18N4O2S.C2H6/c1-13-12-22-20(26)17-18(13)24-21(28-2)25-19(17)23-14-8-10-16(11-9-14)27-15-6-4-3-5-7-15;1-2/h3-12H,1-2H3,(H,22,26)(H,23,24,25);1-2H3. The molecule has 0 aliphatic carbocycles. The largest absolute Gasteiger partial charge is 0.457 e. The number of aromatic nitrogens is 3. The van der Waals surface area contributed by atoms with E-state index < -0.39 is 0 Å². The van der Waals surface area contributed by atoms with Crippen LogP contribution in [0.2, 0.25) is 0 Å². The second-order valence-electron chi connectivity index (χ2n) is 6.15. The Balaban J connectivity index is 0.00000124. The average molecular weight is 421 g/mol. The van der Waals surface area contributed by atoms with E-state index in [0.29, 0.717) is 21.9 Å². The molecule has 0 atom stereocenters. The molecule has 2 N–H and O–H groups in total. The van der Waals surface area contributed by atoms with Crippen molar-refractivity contribution < 1.29 is 4.74 Å². The SMILES string of the molecule is CC.CSc1nc(Nc2ccc(Oc3ccccc3)cc2)c2c(=O)[nH]cc(C)c2n1. The summed E-state index contributed by atoms with van der Waals surface area (Å²) in [6.45, 7) is 5.91. The quantitative estimate of drug-likeness (QED) is 0.309. The zero-order valence-corrected chi connectivity index (χ0v) is 18.2. The second-order valence-corrected chi connectivity index (χ2v) is 6.92. The van der Waals surface area contributed by atoms with E-state index in [1.807, 2.05) is 81.6 Å². The predicted octanol–water partition coefficient (Wildman–Crippen LogP) is 5.91. The molecule has 2 aromatic carbocycles. The van der Waals surface area contributed by atoms with Crippen LogP contribution < -0.4 is 15.6 Å². The molecule has 2 heterocycles. The Morgan fingerprint density at radius 3 is 2.30 bits per heavy atom. The first-order valence-corrected chi connectivity index (χ1v) is 10.9. The monoisotopic (exact) mass is 420 g/mol. The Hall–Kier alpha value is -3.32. The van der Waals surface area contributed by atoms with E-state index in [1.165, 1.54) is 11.8 Å². The van der Waals surface area contributed by atoms with Crippen LogP contribution in [-0.4, -0.2) is 21.2 Å². The van der Waals surface area contributed by atoms with Crippen LogP contribution in [0, 0.1) is 6.92 Å². The van der Waals surface area contributed by atoms with Gasteiger partial charge in [-0.1, -0.05) is 43.8 Å². The number of hydrogen-bond acceptors (Lipinski definition) is 6. The van der Waals surface area contributed by atoms with Crippen LogP contribution in [0.1, 0.15) is 19.4 Å². The van der Waals surface area contributed by atoms with Gasteiger partial charge in [0.2, 0.25) is 0 Å². The van der Waals surface area contributed by atoms with Crippen molar-refractivity contribution in [3.8, 4) is 11.5 Å². The van der Waals surface area contributed by atoms with E-state index in [1.54, 1.807) is 6.20 Å². The fraction of sp³-hybridized carbons (Fsp3) is 0.174. The van der Waals surface area contributed by atoms with Crippen molar-refractivity contribution in [3.05, 3.63) is 76.7 Å². The Morgan fingerprint density at radius 2 is 1.63 bits per heavy atom. The minimum absolute atomic E-state index is 0.222. The number of rotatable bonds is 5. The number of ether oxygens (including phenoxy) is 1. The summed E-state index contributed by atoms with van der Waals surface area (Å²) < 4.78 is 5.81. The van der Waals surface area contributed by atoms with Crippen LogP contribution in [0.3, 0.4) is 0 Å². The molecule has 0 saturated heterocycles. The highest BCUT2D eigenvalue weighted by molar-refractivity contribution is 7.98. The van der Waals surface area contributed by atoms with Gasteiger partial charge in [-0.3, -0.25) is 4.79 Å². The third-order valence-corrected chi connectivity index (χ3v) is 4.74. The number of pyridine rings is 1. The maximum atomic E-state index is 12.4. The highest BCUT2D eigenvalue weighted by Gasteiger charge is 2.13. The Morgan fingerprint density at radius 1 is 0.967 bits per heavy atom. The van der Waals surface area contributed by atoms with Crippen LogP contribution in [-0.2, 0) is 0 Å². The summed E-state index contributed by atoms with van der Waals surface area (Å²) in [6, 6.07) is 17.1. The number of para-hydroxylation sites is 1. The minimum Gasteiger partial charge on any atom is -0.457 e. The molecule has 7 heteroatoms. The normalized spacial score (nSPS) is 10.3. The molecule has 0 unspecified atom stereocenters. The van der Waals surface area contributed by atoms with Crippen molar-refractivity contribution in [2.24, 2.45) is 0 Å². The van der Waals surface area contributed by atoms with Gasteiger partial charge in [0.1, 0.15) is 22.7 Å². The summed E-state index contributed by atoms with van der Waals surface area (Å²) in [6.07, 6.45) is 3.57. The molecule has 2 aromatic heterocycles. The maximum absolute atomic E-state index is 12.4. The molecule has 0 saturated carbocycles. The lowest BCUT2D eigenvalue weighted by molar-refractivity contribution is 0.483. The molecule has 0 fully saturated rings. The van der Waals surface area contributed by atoms with Crippen molar-refractivity contribution in [2.75, 3.05) is 11.6 Å². The lowest BCUT2D eigenvalue weighted by atomic mass is 10.2. The smallest absolute Gasteiger partial charge is 0.261 e. The molecule has 0 radical (unpaired) electrons. The molecule has 0 spiro atoms. The van der Waals surface area contributed by atoms with Gasteiger partial charge >= 0.3 is 0 Å². The Labute approximate surface area is 179 Å². The van der Waals surface area contributed by atoms with E-state index in [2.05, 4.69) is 20.3 Å². The Kier molecular flexibility index (Phi) is 7.08. The second kappa shape index (κ2) is 9.93. The predicted molar refractivity (Wildman–Crippen MR) is 124 cm³/mol. The fourth-order valence-electron chi connectivity index (χ4n) is 2.80. The molecule has 0 aliphatic rings. The Bertz CT molecular complexity index is 1180. The van der Waals surface area contributed by atoms with Gasteiger partial charge in [0.05, 0.1) is 5.52 Å². The van der Waals surface area contributed by atoms with E-state index in [-0.39, 0.29) is 5.56 Å². The van der Waals surface area contributed by atoms with Crippen molar-refractivity contribution >= 4 is 34.2 Å². The first-order chi connectivity index (χ1) is 14.6. The number of thioether (sulfide) groups is 1. The van der Waals surface area contributed by atoms with Gasteiger partial charge < -0.3 is 15.0 Å². The van der Waals surface area contributed by atoms with Gasteiger partial charge in [0, 0.05) is 11.9 Å². The number of hydrogen-bond donors (Lipinski definition) is 2. The third-order valence-electron chi connectivity index (χ3n) is 4.19. The number of fused-ring (bicyclic) bond motifs is 1. The van der Waals surface area contributed by atoms with Gasteiger partial charge in [-0.15, -0.1) is 0 Å². The van der Waals surface area contributed by atoms with Crippen LogP contribution >= 0.6 is 11.8 Å². The number of H-pyrrole nitrogens is 1. The van der Waals surface area contributed by atoms with Gasteiger partial charge in [0.15, 0.2) is 5.16 Å². The molecule has 0 bridgehead atoms. The van der Waals surface area contributed by atoms with Gasteiger partial charge in [0.25, 0.3) is 5.56 Å². The molecule has 0 aliphatic heterocycles.